The summed E-state index contributed by atoms with van der Waals surface area (Å²) < 4.78 is 1.63. The lowest BCUT2D eigenvalue weighted by atomic mass is 9.83. The van der Waals surface area contributed by atoms with Crippen LogP contribution < -0.4 is 9.75 Å². The van der Waals surface area contributed by atoms with Crippen molar-refractivity contribution in [3.8, 4) is 0 Å². The molecule has 1 aromatic carbocycles. The molecule has 28 heavy (non-hydrogen) atoms. The Labute approximate surface area is 178 Å². The van der Waals surface area contributed by atoms with Gasteiger partial charge in [-0.25, -0.2) is 0 Å². The van der Waals surface area contributed by atoms with Crippen molar-refractivity contribution in [1.82, 2.24) is 0 Å². The largest absolute Gasteiger partial charge is 0.141 e. The second-order valence-corrected chi connectivity index (χ2v) is 13.2. The Morgan fingerprint density at radius 1 is 1.04 bits per heavy atom. The molecular weight excluding hydrogens is 392 g/mol. The fraction of sp³-hybridized carbons (Fsp3) is 0.360. The molecule has 0 bridgehead atoms. The van der Waals surface area contributed by atoms with Crippen LogP contribution in [0.3, 0.4) is 0 Å². The van der Waals surface area contributed by atoms with E-state index in [2.05, 4.69) is 93.4 Å². The third-order valence-corrected chi connectivity index (χ3v) is 11.2. The Morgan fingerprint density at radius 3 is 2.54 bits per heavy atom. The molecule has 3 aliphatic rings. The average Bonchev–Trinajstić information content (AvgIpc) is 3.38. The van der Waals surface area contributed by atoms with E-state index >= 15 is 0 Å². The second-order valence-electron chi connectivity index (χ2n) is 8.27. The number of fused-ring (bicyclic) bond motifs is 3. The molecule has 0 spiro atoms. The van der Waals surface area contributed by atoms with Gasteiger partial charge in [0.25, 0.3) is 0 Å². The summed E-state index contributed by atoms with van der Waals surface area (Å²) in [6, 6.07) is 11.6. The van der Waals surface area contributed by atoms with E-state index < -0.39 is 8.80 Å². The average molecular weight is 420 g/mol. The number of allylic oxidation sites excluding steroid dienone is 3. The van der Waals surface area contributed by atoms with Gasteiger partial charge in [-0.05, 0) is 63.4 Å². The normalized spacial score (nSPS) is 22.9. The van der Waals surface area contributed by atoms with E-state index in [4.69, 9.17) is 0 Å². The molecular formula is C25H27S2Si. The van der Waals surface area contributed by atoms with Crippen molar-refractivity contribution in [3.05, 3.63) is 72.1 Å². The van der Waals surface area contributed by atoms with Crippen molar-refractivity contribution in [2.45, 2.75) is 57.9 Å². The van der Waals surface area contributed by atoms with E-state index in [-0.39, 0.29) is 0 Å². The van der Waals surface area contributed by atoms with Crippen LogP contribution in [-0.4, -0.2) is 14.0 Å². The predicted octanol–water partition coefficient (Wildman–Crippen LogP) is 5.90. The quantitative estimate of drug-likeness (QED) is 0.556. The zero-order valence-electron chi connectivity index (χ0n) is 17.3. The maximum atomic E-state index is 2.53. The first-order valence-corrected chi connectivity index (χ1v) is 14.6. The highest BCUT2D eigenvalue weighted by molar-refractivity contribution is 8.05. The molecule has 1 radical (unpaired) electrons. The molecule has 143 valence electrons. The molecule has 2 aromatic rings. The highest BCUT2D eigenvalue weighted by atomic mass is 32.2. The molecule has 0 saturated carbocycles. The maximum absolute atomic E-state index is 2.53. The fourth-order valence-corrected chi connectivity index (χ4v) is 10.6. The molecule has 0 saturated heterocycles. The molecule has 5 rings (SSSR count). The standard InChI is InChI=1S/C25H27S2Si/c1-6-16-13-18-21-22(20-14(3)12-15-10-8-9-11-17(15)20)19(7-2)27-24(21)25(28(4)5)23(18)26-16/h8-13,20,24H,6-7H2,1-5H3. The molecule has 0 amide bonds. The van der Waals surface area contributed by atoms with Crippen LogP contribution in [0.25, 0.3) is 16.8 Å². The Kier molecular flexibility index (Phi) is 4.61. The highest BCUT2D eigenvalue weighted by Gasteiger charge is 2.42. The molecule has 0 fully saturated rings. The van der Waals surface area contributed by atoms with Crippen LogP contribution in [0.4, 0.5) is 0 Å². The summed E-state index contributed by atoms with van der Waals surface area (Å²) in [5, 5.41) is 3.94. The zero-order valence-corrected chi connectivity index (χ0v) is 20.0. The number of rotatable bonds is 4. The van der Waals surface area contributed by atoms with Crippen LogP contribution in [0.5, 0.6) is 0 Å². The molecule has 2 atom stereocenters. The van der Waals surface area contributed by atoms with E-state index in [0.29, 0.717) is 11.2 Å². The smallest absolute Gasteiger partial charge is 0.0775 e. The van der Waals surface area contributed by atoms with Crippen molar-refractivity contribution in [2.75, 3.05) is 0 Å². The fourth-order valence-electron chi connectivity index (χ4n) is 5.12. The third-order valence-electron chi connectivity index (χ3n) is 6.34. The molecule has 0 N–H and O–H groups in total. The van der Waals surface area contributed by atoms with Gasteiger partial charge < -0.3 is 0 Å². The topological polar surface area (TPSA) is 0 Å². The van der Waals surface area contributed by atoms with Crippen molar-refractivity contribution in [3.63, 3.8) is 0 Å². The Hall–Kier alpha value is -1.29. The monoisotopic (exact) mass is 419 g/mol. The Balaban J connectivity index is 1.79. The van der Waals surface area contributed by atoms with Gasteiger partial charge in [0.05, 0.1) is 14.0 Å². The number of benzene rings is 1. The summed E-state index contributed by atoms with van der Waals surface area (Å²) in [5.41, 5.74) is 7.75. The summed E-state index contributed by atoms with van der Waals surface area (Å²) in [5.74, 6) is 0.445. The SMILES string of the molecule is CCC1=C(C2C(C)=Cc3ccccc32)C2=c3cc(CC)sc3=C([Si](C)C)C2S1. The molecule has 3 heteroatoms. The van der Waals surface area contributed by atoms with E-state index in [1.54, 1.807) is 35.9 Å². The first kappa shape index (κ1) is 18.7. The zero-order chi connectivity index (χ0) is 19.6. The van der Waals surface area contributed by atoms with Crippen LogP contribution in [0.2, 0.25) is 13.1 Å². The minimum Gasteiger partial charge on any atom is -0.141 e. The van der Waals surface area contributed by atoms with Gasteiger partial charge in [-0.15, -0.1) is 23.1 Å². The van der Waals surface area contributed by atoms with Gasteiger partial charge >= 0.3 is 0 Å². The Morgan fingerprint density at radius 2 is 1.82 bits per heavy atom. The number of hydrogen-bond donors (Lipinski definition) is 0. The summed E-state index contributed by atoms with van der Waals surface area (Å²) in [7, 11) is -0.478. The third kappa shape index (κ3) is 2.56. The molecule has 0 nitrogen and oxygen atoms in total. The minimum absolute atomic E-state index is 0.445. The van der Waals surface area contributed by atoms with Crippen molar-refractivity contribution in [1.29, 1.82) is 0 Å². The first-order valence-electron chi connectivity index (χ1n) is 10.4. The predicted molar refractivity (Wildman–Crippen MR) is 129 cm³/mol. The molecule has 1 aliphatic heterocycles. The van der Waals surface area contributed by atoms with Gasteiger partial charge in [-0.1, -0.05) is 62.9 Å². The lowest BCUT2D eigenvalue weighted by Crippen LogP contribution is -2.22. The second kappa shape index (κ2) is 6.89. The first-order chi connectivity index (χ1) is 13.5. The molecule has 2 heterocycles. The Bertz CT molecular complexity index is 1160. The maximum Gasteiger partial charge on any atom is 0.0775 e. The van der Waals surface area contributed by atoms with E-state index in [9.17, 15) is 0 Å². The lowest BCUT2D eigenvalue weighted by molar-refractivity contribution is 0.961. The van der Waals surface area contributed by atoms with Gasteiger partial charge in [-0.2, -0.15) is 0 Å². The van der Waals surface area contributed by atoms with Crippen LogP contribution in [-0.2, 0) is 6.42 Å². The van der Waals surface area contributed by atoms with Crippen LogP contribution in [0.15, 0.2) is 46.4 Å². The number of thiophene rings is 1. The van der Waals surface area contributed by atoms with Crippen molar-refractivity contribution in [2.24, 2.45) is 0 Å². The summed E-state index contributed by atoms with van der Waals surface area (Å²) in [4.78, 5) is 3.18. The van der Waals surface area contributed by atoms with Gasteiger partial charge in [0.1, 0.15) is 0 Å². The van der Waals surface area contributed by atoms with Crippen LogP contribution in [0, 0.1) is 0 Å². The molecule has 1 aromatic heterocycles. The highest BCUT2D eigenvalue weighted by Crippen LogP contribution is 2.56. The lowest BCUT2D eigenvalue weighted by Gasteiger charge is -2.21. The summed E-state index contributed by atoms with van der Waals surface area (Å²) in [6.45, 7) is 11.9. The number of thioether (sulfide) groups is 1. The van der Waals surface area contributed by atoms with Crippen LogP contribution >= 0.6 is 23.1 Å². The summed E-state index contributed by atoms with van der Waals surface area (Å²) in [6.07, 6.45) is 4.71. The van der Waals surface area contributed by atoms with Gasteiger partial charge in [0.15, 0.2) is 0 Å². The molecule has 2 aliphatic carbocycles. The van der Waals surface area contributed by atoms with E-state index in [0.717, 1.165) is 12.8 Å². The van der Waals surface area contributed by atoms with Crippen molar-refractivity contribution >= 4 is 48.7 Å². The number of hydrogen-bond acceptors (Lipinski definition) is 2. The summed E-state index contributed by atoms with van der Waals surface area (Å²) >= 11 is 4.25. The van der Waals surface area contributed by atoms with E-state index in [1.165, 1.54) is 16.7 Å². The van der Waals surface area contributed by atoms with Gasteiger partial charge in [0, 0.05) is 15.3 Å². The number of aryl methyl sites for hydroxylation is 1. The van der Waals surface area contributed by atoms with Gasteiger partial charge in [-0.3, -0.25) is 0 Å². The van der Waals surface area contributed by atoms with Crippen molar-refractivity contribution < 1.29 is 0 Å². The van der Waals surface area contributed by atoms with E-state index in [1.807, 2.05) is 0 Å². The van der Waals surface area contributed by atoms with Crippen LogP contribution in [0.1, 0.15) is 49.1 Å². The minimum atomic E-state index is -0.478. The molecule has 2 unspecified atom stereocenters. The van der Waals surface area contributed by atoms with Gasteiger partial charge in [0.2, 0.25) is 0 Å².